The smallest absolute Gasteiger partial charge is 0.331 e. The van der Waals surface area contributed by atoms with Crippen molar-refractivity contribution < 1.29 is 52.2 Å². The number of carbonyl (C=O) groups excluding carboxylic acids is 1. The van der Waals surface area contributed by atoms with E-state index in [2.05, 4.69) is 4.74 Å². The van der Waals surface area contributed by atoms with E-state index < -0.39 is 5.97 Å². The minimum absolute atomic E-state index is 0.0659. The number of hydrogen-bond donors (Lipinski definition) is 0. The van der Waals surface area contributed by atoms with Gasteiger partial charge in [0.1, 0.15) is 6.61 Å². The Kier molecular flexibility index (Phi) is 24.7. The molecule has 0 aromatic heterocycles. The van der Waals surface area contributed by atoms with Gasteiger partial charge in [0.25, 0.3) is 0 Å². The molecule has 11 nitrogen and oxygen atoms in total. The first-order chi connectivity index (χ1) is 18.3. The molecule has 1 rings (SSSR count). The Morgan fingerprint density at radius 1 is 0.486 bits per heavy atom. The highest BCUT2D eigenvalue weighted by Gasteiger charge is 1.99. The Bertz CT molecular complexity index is 603. The van der Waals surface area contributed by atoms with Crippen molar-refractivity contribution in [3.05, 3.63) is 35.9 Å². The van der Waals surface area contributed by atoms with E-state index in [9.17, 15) is 4.79 Å². The fourth-order valence-corrected chi connectivity index (χ4v) is 2.64. The molecule has 1 aromatic carbocycles. The molecule has 0 fully saturated rings. The number of carbonyl (C=O) groups is 1. The topological polar surface area (TPSA) is 109 Å². The second-order valence-corrected chi connectivity index (χ2v) is 7.45. The molecule has 0 aliphatic heterocycles. The van der Waals surface area contributed by atoms with Gasteiger partial charge in [0.15, 0.2) is 0 Å². The Morgan fingerprint density at radius 2 is 0.811 bits per heavy atom. The molecule has 0 amide bonds. The number of ether oxygens (including phenoxy) is 10. The standard InChI is InChI=1S/C26H44O11/c1-28-26(27)24-37-22-20-35-18-16-33-14-12-31-10-8-29-7-9-30-11-13-32-15-17-34-19-21-36-23-25-5-3-2-4-6-25/h2-6H,7-24H2,1H3. The first-order valence-corrected chi connectivity index (χ1v) is 12.6. The summed E-state index contributed by atoms with van der Waals surface area (Å²) in [6.07, 6.45) is 0. The second-order valence-electron chi connectivity index (χ2n) is 7.45. The van der Waals surface area contributed by atoms with E-state index in [1.165, 1.54) is 7.11 Å². The lowest BCUT2D eigenvalue weighted by Gasteiger charge is -2.09. The lowest BCUT2D eigenvalue weighted by Crippen LogP contribution is -2.16. The largest absolute Gasteiger partial charge is 0.467 e. The minimum atomic E-state index is -0.404. The van der Waals surface area contributed by atoms with E-state index in [-0.39, 0.29) is 6.61 Å². The van der Waals surface area contributed by atoms with Crippen LogP contribution in [0.1, 0.15) is 5.56 Å². The average molecular weight is 533 g/mol. The number of esters is 1. The molecule has 0 aliphatic carbocycles. The summed E-state index contributed by atoms with van der Waals surface area (Å²) < 4.78 is 53.0. The zero-order chi connectivity index (χ0) is 26.5. The quantitative estimate of drug-likeness (QED) is 0.116. The lowest BCUT2D eigenvalue weighted by molar-refractivity contribution is -0.146. The molecule has 0 saturated heterocycles. The molecule has 0 N–H and O–H groups in total. The van der Waals surface area contributed by atoms with Crippen molar-refractivity contribution in [1.82, 2.24) is 0 Å². The molecule has 37 heavy (non-hydrogen) atoms. The molecule has 0 spiro atoms. The van der Waals surface area contributed by atoms with Crippen molar-refractivity contribution in [3.63, 3.8) is 0 Å². The van der Waals surface area contributed by atoms with Crippen LogP contribution in [0.25, 0.3) is 0 Å². The Balaban J connectivity index is 1.64. The van der Waals surface area contributed by atoms with Gasteiger partial charge >= 0.3 is 5.97 Å². The fourth-order valence-electron chi connectivity index (χ4n) is 2.64. The molecule has 0 radical (unpaired) electrons. The van der Waals surface area contributed by atoms with Crippen LogP contribution in [0.15, 0.2) is 30.3 Å². The molecule has 0 bridgehead atoms. The molecule has 0 heterocycles. The van der Waals surface area contributed by atoms with Crippen molar-refractivity contribution in [2.24, 2.45) is 0 Å². The predicted molar refractivity (Wildman–Crippen MR) is 135 cm³/mol. The highest BCUT2D eigenvalue weighted by molar-refractivity contribution is 5.70. The summed E-state index contributed by atoms with van der Waals surface area (Å²) in [4.78, 5) is 10.8. The Labute approximate surface area is 220 Å². The maximum atomic E-state index is 10.8. The molecule has 0 atom stereocenters. The monoisotopic (exact) mass is 532 g/mol. The van der Waals surface area contributed by atoms with Gasteiger partial charge in [-0.2, -0.15) is 0 Å². The van der Waals surface area contributed by atoms with Crippen molar-refractivity contribution in [2.45, 2.75) is 6.61 Å². The van der Waals surface area contributed by atoms with E-state index in [1.807, 2.05) is 30.3 Å². The third-order valence-electron chi connectivity index (χ3n) is 4.54. The second kappa shape index (κ2) is 27.4. The van der Waals surface area contributed by atoms with Gasteiger partial charge in [-0.05, 0) is 5.56 Å². The highest BCUT2D eigenvalue weighted by Crippen LogP contribution is 2.00. The molecule has 0 saturated carbocycles. The van der Waals surface area contributed by atoms with Gasteiger partial charge in [-0.15, -0.1) is 0 Å². The van der Waals surface area contributed by atoms with Gasteiger partial charge < -0.3 is 47.4 Å². The molecule has 214 valence electrons. The lowest BCUT2D eigenvalue weighted by atomic mass is 10.2. The van der Waals surface area contributed by atoms with Crippen LogP contribution in [0.2, 0.25) is 0 Å². The van der Waals surface area contributed by atoms with Crippen LogP contribution in [0.4, 0.5) is 0 Å². The molecule has 11 heteroatoms. The summed E-state index contributed by atoms with van der Waals surface area (Å²) in [6.45, 7) is 8.38. The first-order valence-electron chi connectivity index (χ1n) is 12.6. The summed E-state index contributed by atoms with van der Waals surface area (Å²) in [5.41, 5.74) is 1.16. The normalized spacial score (nSPS) is 11.2. The van der Waals surface area contributed by atoms with Crippen LogP contribution in [0.3, 0.4) is 0 Å². The summed E-state index contributed by atoms with van der Waals surface area (Å²) in [5, 5.41) is 0. The molecule has 0 aliphatic rings. The number of rotatable bonds is 28. The summed E-state index contributed by atoms with van der Waals surface area (Å²) in [7, 11) is 1.32. The van der Waals surface area contributed by atoms with Crippen molar-refractivity contribution in [1.29, 1.82) is 0 Å². The zero-order valence-electron chi connectivity index (χ0n) is 22.1. The molecular formula is C26H44O11. The van der Waals surface area contributed by atoms with Crippen molar-refractivity contribution >= 4 is 5.97 Å². The maximum Gasteiger partial charge on any atom is 0.331 e. The number of hydrogen-bond acceptors (Lipinski definition) is 11. The Hall–Kier alpha value is -1.67. The van der Waals surface area contributed by atoms with Crippen molar-refractivity contribution in [3.8, 4) is 0 Å². The zero-order valence-corrected chi connectivity index (χ0v) is 22.1. The van der Waals surface area contributed by atoms with Crippen LogP contribution >= 0.6 is 0 Å². The van der Waals surface area contributed by atoms with Gasteiger partial charge in [-0.3, -0.25) is 0 Å². The van der Waals surface area contributed by atoms with E-state index in [0.29, 0.717) is 112 Å². The molecule has 1 aromatic rings. The van der Waals surface area contributed by atoms with E-state index in [4.69, 9.17) is 42.6 Å². The third-order valence-corrected chi connectivity index (χ3v) is 4.54. The summed E-state index contributed by atoms with van der Waals surface area (Å²) in [5.74, 6) is -0.404. The maximum absolute atomic E-state index is 10.8. The number of benzene rings is 1. The van der Waals surface area contributed by atoms with E-state index >= 15 is 0 Å². The highest BCUT2D eigenvalue weighted by atomic mass is 16.6. The van der Waals surface area contributed by atoms with Crippen LogP contribution in [-0.4, -0.2) is 125 Å². The molecule has 0 unspecified atom stereocenters. The fraction of sp³-hybridized carbons (Fsp3) is 0.731. The van der Waals surface area contributed by atoms with Crippen LogP contribution in [0, 0.1) is 0 Å². The van der Waals surface area contributed by atoms with Gasteiger partial charge in [0.05, 0.1) is 119 Å². The number of methoxy groups -OCH3 is 1. The minimum Gasteiger partial charge on any atom is -0.467 e. The van der Waals surface area contributed by atoms with Gasteiger partial charge in [0, 0.05) is 0 Å². The van der Waals surface area contributed by atoms with Crippen molar-refractivity contribution in [2.75, 3.05) is 119 Å². The van der Waals surface area contributed by atoms with Gasteiger partial charge in [0.2, 0.25) is 0 Å². The van der Waals surface area contributed by atoms with Crippen LogP contribution in [-0.2, 0) is 58.8 Å². The summed E-state index contributed by atoms with van der Waals surface area (Å²) in [6, 6.07) is 10.1. The van der Waals surface area contributed by atoms with Crippen LogP contribution in [0.5, 0.6) is 0 Å². The van der Waals surface area contributed by atoms with E-state index in [1.54, 1.807) is 0 Å². The predicted octanol–water partition coefficient (Wildman–Crippen LogP) is 1.51. The SMILES string of the molecule is COC(=O)COCCOCCOCCOCCOCCOCCOCCOCCOCc1ccccc1. The van der Waals surface area contributed by atoms with Gasteiger partial charge in [-0.1, -0.05) is 30.3 Å². The van der Waals surface area contributed by atoms with Crippen LogP contribution < -0.4 is 0 Å². The third kappa shape index (κ3) is 24.4. The summed E-state index contributed by atoms with van der Waals surface area (Å²) >= 11 is 0. The van der Waals surface area contributed by atoms with Gasteiger partial charge in [-0.25, -0.2) is 4.79 Å². The first kappa shape index (κ1) is 33.4. The van der Waals surface area contributed by atoms with E-state index in [0.717, 1.165) is 5.56 Å². The average Bonchev–Trinajstić information content (AvgIpc) is 2.93. The molecular weight excluding hydrogens is 488 g/mol. The Morgan fingerprint density at radius 3 is 1.16 bits per heavy atom.